The molecule has 0 aliphatic carbocycles. The van der Waals surface area contributed by atoms with Gasteiger partial charge in [0.2, 0.25) is 12.1 Å². The van der Waals surface area contributed by atoms with E-state index in [9.17, 15) is 18.0 Å². The molecule has 4 N–H and O–H groups in total. The van der Waals surface area contributed by atoms with Gasteiger partial charge in [-0.1, -0.05) is 48.5 Å². The molecule has 3 aromatic rings. The molecular formula is C29H26F3N7O3. The summed E-state index contributed by atoms with van der Waals surface area (Å²) in [5.41, 5.74) is 7.43. The first kappa shape index (κ1) is 27.4. The molecule has 3 aliphatic rings. The van der Waals surface area contributed by atoms with Crippen molar-refractivity contribution < 1.29 is 27.4 Å². The number of rotatable bonds is 4. The maximum absolute atomic E-state index is 13.6. The molecule has 2 saturated heterocycles. The number of ether oxygens (including phenoxy) is 2. The van der Waals surface area contributed by atoms with Crippen LogP contribution in [0.2, 0.25) is 0 Å². The van der Waals surface area contributed by atoms with Crippen molar-refractivity contribution in [2.45, 2.75) is 37.3 Å². The number of aromatic nitrogens is 1. The number of anilines is 2. The predicted molar refractivity (Wildman–Crippen MR) is 150 cm³/mol. The van der Waals surface area contributed by atoms with Gasteiger partial charge in [-0.2, -0.15) is 18.2 Å². The number of benzodiazepines with no additional fused rings is 1. The van der Waals surface area contributed by atoms with Crippen LogP contribution in [0.25, 0.3) is 0 Å². The van der Waals surface area contributed by atoms with Crippen molar-refractivity contribution in [2.24, 2.45) is 15.7 Å². The van der Waals surface area contributed by atoms with Gasteiger partial charge < -0.3 is 25.4 Å². The Hall–Kier alpha value is -4.78. The van der Waals surface area contributed by atoms with Crippen LogP contribution in [0, 0.1) is 5.41 Å². The number of hydrogen-bond donors (Lipinski definition) is 3. The molecule has 4 heterocycles. The highest BCUT2D eigenvalue weighted by atomic mass is 19.4. The molecule has 10 nitrogen and oxygen atoms in total. The van der Waals surface area contributed by atoms with E-state index in [-0.39, 0.29) is 23.5 Å². The van der Waals surface area contributed by atoms with E-state index in [1.54, 1.807) is 17.0 Å². The molecule has 3 atom stereocenters. The number of alkyl halides is 3. The van der Waals surface area contributed by atoms with Crippen LogP contribution in [0.3, 0.4) is 0 Å². The number of amides is 1. The number of nitrogens with zero attached hydrogens (tertiary/aromatic N) is 4. The van der Waals surface area contributed by atoms with Gasteiger partial charge in [-0.05, 0) is 31.0 Å². The van der Waals surface area contributed by atoms with E-state index in [1.165, 1.54) is 0 Å². The van der Waals surface area contributed by atoms with Crippen molar-refractivity contribution in [3.8, 4) is 0 Å². The summed E-state index contributed by atoms with van der Waals surface area (Å²) in [6, 6.07) is 17.4. The third-order valence-electron chi connectivity index (χ3n) is 7.32. The lowest BCUT2D eigenvalue weighted by Crippen LogP contribution is -2.47. The Labute approximate surface area is 238 Å². The molecule has 216 valence electrons. The Morgan fingerprint density at radius 1 is 1.05 bits per heavy atom. The van der Waals surface area contributed by atoms with E-state index in [2.05, 4.69) is 20.3 Å². The highest BCUT2D eigenvalue weighted by Gasteiger charge is 2.41. The van der Waals surface area contributed by atoms with Gasteiger partial charge in [0, 0.05) is 11.1 Å². The van der Waals surface area contributed by atoms with Gasteiger partial charge in [0.05, 0.1) is 42.3 Å². The topological polar surface area (TPSA) is 138 Å². The molecule has 2 bridgehead atoms. The zero-order chi connectivity index (χ0) is 29.4. The number of morpholine rings is 1. The number of aliphatic imine (C=N–C) groups is 2. The first-order valence-corrected chi connectivity index (χ1v) is 13.3. The van der Waals surface area contributed by atoms with Crippen LogP contribution in [0.15, 0.2) is 76.7 Å². The maximum Gasteiger partial charge on any atom is 0.433 e. The van der Waals surface area contributed by atoms with Crippen LogP contribution in [0.1, 0.15) is 35.2 Å². The largest absolute Gasteiger partial charge is 0.433 e. The second-order valence-electron chi connectivity index (χ2n) is 10.0. The summed E-state index contributed by atoms with van der Waals surface area (Å²) in [6.07, 6.45) is -4.59. The zero-order valence-electron chi connectivity index (χ0n) is 22.1. The smallest absolute Gasteiger partial charge is 0.407 e. The molecule has 2 unspecified atom stereocenters. The standard InChI is InChI=1S/C29H26F3N7O3/c30-29(31,32)22-13-12-20(26(36-22)39-17-10-11-18(39)15-41-14-17)24(33)42-28(34)38-25-27(40)35-21-9-5-4-8-19(21)23(37-25)16-6-2-1-3-7-16/h1-9,12-13,17-18,25,33H,10-11,14-15H2,(H2,34,38)(H,35,40)/t17?,18?,25-/m1/s1. The Kier molecular flexibility index (Phi) is 7.11. The molecule has 0 saturated carbocycles. The molecule has 1 aromatic heterocycles. The average Bonchev–Trinajstić information content (AvgIpc) is 3.13. The Bertz CT molecular complexity index is 1580. The van der Waals surface area contributed by atoms with Gasteiger partial charge in [-0.3, -0.25) is 10.2 Å². The van der Waals surface area contributed by atoms with E-state index in [0.717, 1.165) is 30.5 Å². The summed E-state index contributed by atoms with van der Waals surface area (Å²) in [7, 11) is 0. The summed E-state index contributed by atoms with van der Waals surface area (Å²) in [5.74, 6) is -1.18. The monoisotopic (exact) mass is 577 g/mol. The fraction of sp³-hybridized carbons (Fsp3) is 0.276. The highest BCUT2D eigenvalue weighted by Crippen LogP contribution is 2.37. The zero-order valence-corrected chi connectivity index (χ0v) is 22.1. The maximum atomic E-state index is 13.6. The van der Waals surface area contributed by atoms with E-state index in [0.29, 0.717) is 30.2 Å². The molecule has 13 heteroatoms. The summed E-state index contributed by atoms with van der Waals surface area (Å²) in [4.78, 5) is 27.5. The molecule has 6 rings (SSSR count). The number of carbonyl (C=O) groups excluding carboxylic acids is 1. The number of amidine groups is 1. The van der Waals surface area contributed by atoms with Crippen molar-refractivity contribution in [1.29, 1.82) is 5.41 Å². The summed E-state index contributed by atoms with van der Waals surface area (Å²) < 4.78 is 51.8. The molecule has 0 radical (unpaired) electrons. The van der Waals surface area contributed by atoms with Crippen LogP contribution >= 0.6 is 0 Å². The second-order valence-corrected chi connectivity index (χ2v) is 10.0. The molecule has 2 aromatic carbocycles. The predicted octanol–water partition coefficient (Wildman–Crippen LogP) is 3.94. The van der Waals surface area contributed by atoms with E-state index in [1.807, 2.05) is 42.5 Å². The molecule has 0 spiro atoms. The van der Waals surface area contributed by atoms with Crippen molar-refractivity contribution in [3.63, 3.8) is 0 Å². The number of fused-ring (bicyclic) bond motifs is 3. The first-order valence-electron chi connectivity index (χ1n) is 13.3. The third kappa shape index (κ3) is 5.30. The quantitative estimate of drug-likeness (QED) is 0.317. The third-order valence-corrected chi connectivity index (χ3v) is 7.32. The van der Waals surface area contributed by atoms with Crippen molar-refractivity contribution in [2.75, 3.05) is 23.4 Å². The summed E-state index contributed by atoms with van der Waals surface area (Å²) in [5, 5.41) is 11.4. The summed E-state index contributed by atoms with van der Waals surface area (Å²) >= 11 is 0. The van der Waals surface area contributed by atoms with Gasteiger partial charge >= 0.3 is 6.18 Å². The number of nitrogens with one attached hydrogen (secondary N) is 2. The van der Waals surface area contributed by atoms with Crippen LogP contribution in [0.4, 0.5) is 24.7 Å². The number of benzene rings is 2. The lowest BCUT2D eigenvalue weighted by Gasteiger charge is -2.36. The number of halogens is 3. The first-order chi connectivity index (χ1) is 20.2. The average molecular weight is 578 g/mol. The number of hydrogen-bond acceptors (Lipinski definition) is 8. The highest BCUT2D eigenvalue weighted by molar-refractivity contribution is 6.19. The lowest BCUT2D eigenvalue weighted by molar-refractivity contribution is -0.141. The van der Waals surface area contributed by atoms with Gasteiger partial charge in [0.25, 0.3) is 11.9 Å². The lowest BCUT2D eigenvalue weighted by atomic mass is 10.0. The minimum absolute atomic E-state index is 0.00569. The molecule has 42 heavy (non-hydrogen) atoms. The normalized spacial score (nSPS) is 22.1. The second kappa shape index (κ2) is 10.9. The van der Waals surface area contributed by atoms with Crippen molar-refractivity contribution in [1.82, 2.24) is 4.98 Å². The number of pyridine rings is 1. The van der Waals surface area contributed by atoms with Gasteiger partial charge in [-0.25, -0.2) is 9.98 Å². The van der Waals surface area contributed by atoms with Gasteiger partial charge in [-0.15, -0.1) is 0 Å². The van der Waals surface area contributed by atoms with Crippen molar-refractivity contribution >= 4 is 35.0 Å². The molecule has 2 fully saturated rings. The SMILES string of the molecule is N=C(O/C(N)=N/[C@H]1N=C(c2ccccc2)c2ccccc2NC1=O)c1ccc(C(F)(F)F)nc1N1C2CCC1COC2. The van der Waals surface area contributed by atoms with E-state index < -0.39 is 35.9 Å². The number of para-hydroxylation sites is 1. The van der Waals surface area contributed by atoms with Gasteiger partial charge in [0.1, 0.15) is 11.5 Å². The van der Waals surface area contributed by atoms with Crippen LogP contribution in [-0.2, 0) is 20.4 Å². The fourth-order valence-corrected chi connectivity index (χ4v) is 5.42. The Morgan fingerprint density at radius 3 is 2.45 bits per heavy atom. The van der Waals surface area contributed by atoms with Crippen LogP contribution in [-0.4, -0.2) is 60.0 Å². The molecule has 1 amide bonds. The van der Waals surface area contributed by atoms with Crippen LogP contribution in [0.5, 0.6) is 0 Å². The fourth-order valence-electron chi connectivity index (χ4n) is 5.42. The van der Waals surface area contributed by atoms with Crippen LogP contribution < -0.4 is 16.0 Å². The minimum Gasteiger partial charge on any atom is -0.407 e. The molecular weight excluding hydrogens is 551 g/mol. The number of carbonyl (C=O) groups is 1. The number of nitrogens with two attached hydrogens (primary N) is 1. The van der Waals surface area contributed by atoms with E-state index in [4.69, 9.17) is 20.6 Å². The molecule has 3 aliphatic heterocycles. The Balaban J connectivity index is 1.32. The van der Waals surface area contributed by atoms with E-state index >= 15 is 0 Å². The van der Waals surface area contributed by atoms with Gasteiger partial charge in [0.15, 0.2) is 0 Å². The van der Waals surface area contributed by atoms with Crippen molar-refractivity contribution in [3.05, 3.63) is 89.1 Å². The minimum atomic E-state index is -4.68. The Morgan fingerprint density at radius 2 is 1.74 bits per heavy atom. The summed E-state index contributed by atoms with van der Waals surface area (Å²) in [6.45, 7) is 0.680.